The summed E-state index contributed by atoms with van der Waals surface area (Å²) in [5, 5.41) is 2.92. The molecule has 0 aromatic carbocycles. The Hall–Kier alpha value is -1.64. The minimum Gasteiger partial charge on any atom is -0.402 e. The summed E-state index contributed by atoms with van der Waals surface area (Å²) in [6, 6.07) is 0.484. The smallest absolute Gasteiger partial charge is 0.0370 e. The number of allylic oxidation sites excluding steroid dienone is 1. The summed E-state index contributed by atoms with van der Waals surface area (Å²) in [6.45, 7) is 7.40. The number of hydrogen-bond donors (Lipinski definition) is 2. The summed E-state index contributed by atoms with van der Waals surface area (Å²) < 4.78 is 0. The summed E-state index contributed by atoms with van der Waals surface area (Å²) in [5.74, 6) is 0. The molecule has 1 atom stereocenters. The second-order valence-corrected chi connectivity index (χ2v) is 3.73. The third kappa shape index (κ3) is 3.54. The van der Waals surface area contributed by atoms with Crippen LogP contribution in [-0.4, -0.2) is 18.0 Å². The molecule has 1 aliphatic carbocycles. The Labute approximate surface area is 91.6 Å². The van der Waals surface area contributed by atoms with Gasteiger partial charge in [0.15, 0.2) is 0 Å². The molecule has 1 unspecified atom stereocenters. The standard InChI is InChI=1S/C12H19N3/c1-4-14-10(2)7-8-15(3)12-6-5-11(13)9-12/h4-5,7-8,12,14H,1-2,6,9,13H2,3H3/b8-7-. The zero-order chi connectivity index (χ0) is 11.3. The van der Waals surface area contributed by atoms with Crippen LogP contribution in [0.25, 0.3) is 0 Å². The van der Waals surface area contributed by atoms with Crippen LogP contribution in [0.4, 0.5) is 0 Å². The molecule has 0 fully saturated rings. The average Bonchev–Trinajstić information content (AvgIpc) is 2.62. The molecule has 3 heteroatoms. The highest BCUT2D eigenvalue weighted by Crippen LogP contribution is 2.19. The van der Waals surface area contributed by atoms with Crippen molar-refractivity contribution in [2.45, 2.75) is 18.9 Å². The van der Waals surface area contributed by atoms with E-state index in [1.54, 1.807) is 6.20 Å². The molecule has 0 aromatic rings. The Morgan fingerprint density at radius 1 is 1.73 bits per heavy atom. The summed E-state index contributed by atoms with van der Waals surface area (Å²) in [4.78, 5) is 2.16. The van der Waals surface area contributed by atoms with Crippen molar-refractivity contribution in [3.05, 3.63) is 49.1 Å². The first-order chi connectivity index (χ1) is 7.13. The van der Waals surface area contributed by atoms with Crippen LogP contribution in [0.15, 0.2) is 49.1 Å². The molecular formula is C12H19N3. The predicted molar refractivity (Wildman–Crippen MR) is 64.7 cm³/mol. The summed E-state index contributed by atoms with van der Waals surface area (Å²) in [7, 11) is 2.05. The monoisotopic (exact) mass is 205 g/mol. The first kappa shape index (κ1) is 11.4. The van der Waals surface area contributed by atoms with Gasteiger partial charge in [-0.2, -0.15) is 0 Å². The quantitative estimate of drug-likeness (QED) is 0.671. The minimum absolute atomic E-state index is 0.484. The molecule has 0 aliphatic heterocycles. The van der Waals surface area contributed by atoms with Crippen LogP contribution in [0.5, 0.6) is 0 Å². The highest BCUT2D eigenvalue weighted by Gasteiger charge is 2.16. The predicted octanol–water partition coefficient (Wildman–Crippen LogP) is 1.68. The largest absolute Gasteiger partial charge is 0.402 e. The fourth-order valence-electron chi connectivity index (χ4n) is 1.54. The lowest BCUT2D eigenvalue weighted by Gasteiger charge is -2.22. The second kappa shape index (κ2) is 5.29. The molecule has 1 aliphatic rings. The van der Waals surface area contributed by atoms with Crippen molar-refractivity contribution < 1.29 is 0 Å². The molecule has 3 N–H and O–H groups in total. The lowest BCUT2D eigenvalue weighted by Crippen LogP contribution is -2.25. The molecular weight excluding hydrogens is 186 g/mol. The van der Waals surface area contributed by atoms with Crippen LogP contribution >= 0.6 is 0 Å². The SMILES string of the molecule is C=CNC(=C)/C=C\N(C)C1CC=C(N)C1. The summed E-state index contributed by atoms with van der Waals surface area (Å²) in [5.41, 5.74) is 7.55. The van der Waals surface area contributed by atoms with Crippen molar-refractivity contribution in [1.82, 2.24) is 10.2 Å². The van der Waals surface area contributed by atoms with E-state index in [0.29, 0.717) is 6.04 Å². The van der Waals surface area contributed by atoms with Gasteiger partial charge in [0.1, 0.15) is 0 Å². The highest BCUT2D eigenvalue weighted by atomic mass is 15.1. The third-order valence-corrected chi connectivity index (χ3v) is 2.50. The molecule has 0 spiro atoms. The molecule has 0 heterocycles. The Morgan fingerprint density at radius 2 is 2.47 bits per heavy atom. The van der Waals surface area contributed by atoms with Gasteiger partial charge >= 0.3 is 0 Å². The van der Waals surface area contributed by atoms with Gasteiger partial charge in [-0.25, -0.2) is 0 Å². The minimum atomic E-state index is 0.484. The average molecular weight is 205 g/mol. The van der Waals surface area contributed by atoms with Crippen molar-refractivity contribution in [1.29, 1.82) is 0 Å². The Bertz CT molecular complexity index is 302. The van der Waals surface area contributed by atoms with Crippen LogP contribution in [0.3, 0.4) is 0 Å². The van der Waals surface area contributed by atoms with Crippen LogP contribution in [0.2, 0.25) is 0 Å². The van der Waals surface area contributed by atoms with Crippen LogP contribution in [0.1, 0.15) is 12.8 Å². The summed E-state index contributed by atoms with van der Waals surface area (Å²) >= 11 is 0. The molecule has 0 aromatic heterocycles. The van der Waals surface area contributed by atoms with Gasteiger partial charge in [0.2, 0.25) is 0 Å². The molecule has 0 saturated carbocycles. The number of nitrogens with two attached hydrogens (primary N) is 1. The fraction of sp³-hybridized carbons (Fsp3) is 0.333. The normalized spacial score (nSPS) is 20.1. The Balaban J connectivity index is 2.39. The van der Waals surface area contributed by atoms with Crippen molar-refractivity contribution in [2.24, 2.45) is 5.73 Å². The third-order valence-electron chi connectivity index (χ3n) is 2.50. The first-order valence-corrected chi connectivity index (χ1v) is 5.04. The van der Waals surface area contributed by atoms with Gasteiger partial charge in [0.05, 0.1) is 0 Å². The van der Waals surface area contributed by atoms with Crippen LogP contribution < -0.4 is 11.1 Å². The van der Waals surface area contributed by atoms with E-state index in [0.717, 1.165) is 24.2 Å². The van der Waals surface area contributed by atoms with E-state index >= 15 is 0 Å². The lowest BCUT2D eigenvalue weighted by atomic mass is 10.2. The zero-order valence-corrected chi connectivity index (χ0v) is 9.24. The van der Waals surface area contributed by atoms with E-state index in [2.05, 4.69) is 36.5 Å². The van der Waals surface area contributed by atoms with Crippen LogP contribution in [-0.2, 0) is 0 Å². The lowest BCUT2D eigenvalue weighted by molar-refractivity contribution is 0.340. The first-order valence-electron chi connectivity index (χ1n) is 5.04. The van der Waals surface area contributed by atoms with E-state index in [-0.39, 0.29) is 0 Å². The molecule has 82 valence electrons. The van der Waals surface area contributed by atoms with Crippen LogP contribution in [0, 0.1) is 0 Å². The number of hydrogen-bond acceptors (Lipinski definition) is 3. The summed E-state index contributed by atoms with van der Waals surface area (Å²) in [6.07, 6.45) is 9.61. The van der Waals surface area contributed by atoms with E-state index in [9.17, 15) is 0 Å². The highest BCUT2D eigenvalue weighted by molar-refractivity contribution is 5.15. The molecule has 15 heavy (non-hydrogen) atoms. The second-order valence-electron chi connectivity index (χ2n) is 3.73. The van der Waals surface area contributed by atoms with Gasteiger partial charge in [0.25, 0.3) is 0 Å². The van der Waals surface area contributed by atoms with Gasteiger partial charge in [-0.05, 0) is 18.7 Å². The van der Waals surface area contributed by atoms with Gasteiger partial charge in [-0.15, -0.1) is 0 Å². The molecule has 0 saturated heterocycles. The maximum atomic E-state index is 5.73. The van der Waals surface area contributed by atoms with E-state index < -0.39 is 0 Å². The number of rotatable bonds is 5. The molecule has 0 amide bonds. The fourth-order valence-corrected chi connectivity index (χ4v) is 1.54. The number of nitrogens with one attached hydrogen (secondary N) is 1. The van der Waals surface area contributed by atoms with Gasteiger partial charge in [-0.3, -0.25) is 0 Å². The van der Waals surface area contributed by atoms with Crippen molar-refractivity contribution >= 4 is 0 Å². The van der Waals surface area contributed by atoms with Crippen molar-refractivity contribution in [2.75, 3.05) is 7.05 Å². The van der Waals surface area contributed by atoms with E-state index in [1.165, 1.54) is 0 Å². The van der Waals surface area contributed by atoms with Gasteiger partial charge in [-0.1, -0.05) is 19.2 Å². The van der Waals surface area contributed by atoms with Gasteiger partial charge < -0.3 is 16.0 Å². The Kier molecular flexibility index (Phi) is 4.03. The molecule has 3 nitrogen and oxygen atoms in total. The topological polar surface area (TPSA) is 41.3 Å². The van der Waals surface area contributed by atoms with Crippen molar-refractivity contribution in [3.8, 4) is 0 Å². The van der Waals surface area contributed by atoms with Gasteiger partial charge in [0, 0.05) is 37.1 Å². The Morgan fingerprint density at radius 3 is 3.00 bits per heavy atom. The maximum Gasteiger partial charge on any atom is 0.0370 e. The van der Waals surface area contributed by atoms with E-state index in [1.807, 2.05) is 12.3 Å². The maximum absolute atomic E-state index is 5.73. The van der Waals surface area contributed by atoms with E-state index in [4.69, 9.17) is 5.73 Å². The molecule has 0 bridgehead atoms. The number of nitrogens with zero attached hydrogens (tertiary/aromatic N) is 1. The molecule has 0 radical (unpaired) electrons. The van der Waals surface area contributed by atoms with Crippen molar-refractivity contribution in [3.63, 3.8) is 0 Å². The zero-order valence-electron chi connectivity index (χ0n) is 9.24. The molecule has 1 rings (SSSR count).